The fourth-order valence-electron chi connectivity index (χ4n) is 3.02. The van der Waals surface area contributed by atoms with E-state index in [1.54, 1.807) is 6.07 Å². The van der Waals surface area contributed by atoms with Crippen molar-refractivity contribution in [2.45, 2.75) is 13.5 Å². The molecule has 0 unspecified atom stereocenters. The Labute approximate surface area is 157 Å². The first-order valence-electron chi connectivity index (χ1n) is 8.75. The van der Waals surface area contributed by atoms with Gasteiger partial charge in [-0.15, -0.1) is 0 Å². The van der Waals surface area contributed by atoms with Crippen molar-refractivity contribution in [3.63, 3.8) is 0 Å². The van der Waals surface area contributed by atoms with Crippen LogP contribution in [0.3, 0.4) is 0 Å². The van der Waals surface area contributed by atoms with Crippen molar-refractivity contribution < 1.29 is 14.3 Å². The highest BCUT2D eigenvalue weighted by molar-refractivity contribution is 5.92. The lowest BCUT2D eigenvalue weighted by Gasteiger charge is -2.13. The number of fused-ring (bicyclic) bond motifs is 1. The van der Waals surface area contributed by atoms with Gasteiger partial charge in [-0.2, -0.15) is 0 Å². The third-order valence-electron chi connectivity index (χ3n) is 4.30. The summed E-state index contributed by atoms with van der Waals surface area (Å²) in [5.74, 6) is 1.99. The van der Waals surface area contributed by atoms with E-state index in [0.29, 0.717) is 29.5 Å². The molecule has 1 heterocycles. The number of para-hydroxylation sites is 2. The van der Waals surface area contributed by atoms with Crippen LogP contribution in [0.4, 0.5) is 0 Å². The zero-order chi connectivity index (χ0) is 18.6. The van der Waals surface area contributed by atoms with Crippen LogP contribution in [0.25, 0.3) is 10.9 Å². The van der Waals surface area contributed by atoms with Gasteiger partial charge >= 0.3 is 0 Å². The monoisotopic (exact) mass is 357 g/mol. The summed E-state index contributed by atoms with van der Waals surface area (Å²) < 4.78 is 12.2. The maximum absolute atomic E-state index is 11.1. The number of rotatable bonds is 6. The van der Waals surface area contributed by atoms with Gasteiger partial charge in [-0.3, -0.25) is 4.79 Å². The Kier molecular flexibility index (Phi) is 4.62. The average Bonchev–Trinajstić information content (AvgIpc) is 3.11. The molecule has 4 aromatic rings. The Morgan fingerprint density at radius 2 is 1.63 bits per heavy atom. The molecule has 0 radical (unpaired) electrons. The van der Waals surface area contributed by atoms with E-state index >= 15 is 0 Å². The van der Waals surface area contributed by atoms with Crippen molar-refractivity contribution in [1.29, 1.82) is 0 Å². The molecule has 0 atom stereocenters. The van der Waals surface area contributed by atoms with Gasteiger partial charge < -0.3 is 14.5 Å². The van der Waals surface area contributed by atoms with E-state index in [-0.39, 0.29) is 0 Å². The minimum atomic E-state index is 0.462. The third-order valence-corrected chi connectivity index (χ3v) is 4.30. The Balaban J connectivity index is 1.64. The predicted octanol–water partition coefficient (Wildman–Crippen LogP) is 5.66. The maximum atomic E-state index is 11.1. The van der Waals surface area contributed by atoms with Crippen LogP contribution in [0.15, 0.2) is 72.8 Å². The normalized spacial score (nSPS) is 10.7. The second-order valence-electron chi connectivity index (χ2n) is 6.39. The molecule has 0 fully saturated rings. The largest absolute Gasteiger partial charge is 0.485 e. The molecule has 27 heavy (non-hydrogen) atoms. The molecular weight excluding hydrogens is 338 g/mol. The standard InChI is InChI=1S/C23H19NO3/c1-16-11-20-19(13-18(14-25)24-20)23(12-16)27-22-10-6-5-9-21(22)26-15-17-7-3-2-4-8-17/h2-14,24H,15H2,1H3. The number of hydrogen-bond acceptors (Lipinski definition) is 3. The summed E-state index contributed by atoms with van der Waals surface area (Å²) in [6.07, 6.45) is 0.802. The SMILES string of the molecule is Cc1cc(Oc2ccccc2OCc2ccccc2)c2cc(C=O)[nH]c2c1. The Hall–Kier alpha value is -3.53. The van der Waals surface area contributed by atoms with Gasteiger partial charge in [-0.05, 0) is 48.4 Å². The van der Waals surface area contributed by atoms with E-state index in [0.717, 1.165) is 28.3 Å². The number of carbonyl (C=O) groups excluding carboxylic acids is 1. The van der Waals surface area contributed by atoms with E-state index in [1.807, 2.05) is 73.7 Å². The molecule has 0 spiro atoms. The zero-order valence-corrected chi connectivity index (χ0v) is 14.9. The molecule has 0 aliphatic carbocycles. The quantitative estimate of drug-likeness (QED) is 0.453. The van der Waals surface area contributed by atoms with Crippen LogP contribution in [0, 0.1) is 6.92 Å². The fourth-order valence-corrected chi connectivity index (χ4v) is 3.02. The van der Waals surface area contributed by atoms with Gasteiger partial charge in [0.05, 0.1) is 5.69 Å². The number of hydrogen-bond donors (Lipinski definition) is 1. The summed E-state index contributed by atoms with van der Waals surface area (Å²) in [5, 5.41) is 0.862. The Bertz CT molecular complexity index is 1080. The van der Waals surface area contributed by atoms with Gasteiger partial charge in [-0.1, -0.05) is 42.5 Å². The van der Waals surface area contributed by atoms with E-state index in [1.165, 1.54) is 0 Å². The second-order valence-corrected chi connectivity index (χ2v) is 6.39. The summed E-state index contributed by atoms with van der Waals surface area (Å²) in [6, 6.07) is 23.3. The molecule has 4 nitrogen and oxygen atoms in total. The first-order valence-corrected chi connectivity index (χ1v) is 8.75. The number of nitrogens with one attached hydrogen (secondary N) is 1. The van der Waals surface area contributed by atoms with E-state index in [2.05, 4.69) is 4.98 Å². The van der Waals surface area contributed by atoms with Crippen molar-refractivity contribution in [1.82, 2.24) is 4.98 Å². The average molecular weight is 357 g/mol. The number of H-pyrrole nitrogens is 1. The number of benzene rings is 3. The van der Waals surface area contributed by atoms with E-state index in [9.17, 15) is 4.79 Å². The third kappa shape index (κ3) is 3.70. The van der Waals surface area contributed by atoms with Crippen LogP contribution >= 0.6 is 0 Å². The van der Waals surface area contributed by atoms with Crippen LogP contribution in [0.2, 0.25) is 0 Å². The zero-order valence-electron chi connectivity index (χ0n) is 14.9. The van der Waals surface area contributed by atoms with Gasteiger partial charge in [-0.25, -0.2) is 0 Å². The lowest BCUT2D eigenvalue weighted by Crippen LogP contribution is -1.97. The molecule has 0 bridgehead atoms. The number of aryl methyl sites for hydroxylation is 1. The lowest BCUT2D eigenvalue weighted by atomic mass is 10.1. The lowest BCUT2D eigenvalue weighted by molar-refractivity contribution is 0.112. The maximum Gasteiger partial charge on any atom is 0.169 e. The van der Waals surface area contributed by atoms with Crippen molar-refractivity contribution in [3.8, 4) is 17.2 Å². The van der Waals surface area contributed by atoms with Gasteiger partial charge in [0.1, 0.15) is 12.4 Å². The summed E-state index contributed by atoms with van der Waals surface area (Å²) in [4.78, 5) is 14.2. The molecule has 0 saturated carbocycles. The van der Waals surface area contributed by atoms with Crippen molar-refractivity contribution in [2.75, 3.05) is 0 Å². The van der Waals surface area contributed by atoms with E-state index in [4.69, 9.17) is 9.47 Å². The first-order chi connectivity index (χ1) is 13.2. The number of aromatic nitrogens is 1. The smallest absolute Gasteiger partial charge is 0.169 e. The summed E-state index contributed by atoms with van der Waals surface area (Å²) in [7, 11) is 0. The minimum absolute atomic E-state index is 0.462. The molecule has 134 valence electrons. The molecular formula is C23H19NO3. The number of aldehydes is 1. The predicted molar refractivity (Wildman–Crippen MR) is 106 cm³/mol. The topological polar surface area (TPSA) is 51.3 Å². The summed E-state index contributed by atoms with van der Waals surface area (Å²) >= 11 is 0. The molecule has 1 N–H and O–H groups in total. The van der Waals surface area contributed by atoms with E-state index < -0.39 is 0 Å². The van der Waals surface area contributed by atoms with Gasteiger partial charge in [0.15, 0.2) is 17.8 Å². The molecule has 3 aromatic carbocycles. The Morgan fingerprint density at radius 1 is 0.889 bits per heavy atom. The van der Waals surface area contributed by atoms with Crippen molar-refractivity contribution in [3.05, 3.63) is 89.6 Å². The molecule has 0 amide bonds. The molecule has 1 aromatic heterocycles. The van der Waals surface area contributed by atoms with Crippen LogP contribution in [-0.4, -0.2) is 11.3 Å². The molecule has 0 saturated heterocycles. The summed E-state index contributed by atoms with van der Waals surface area (Å²) in [6.45, 7) is 2.45. The van der Waals surface area contributed by atoms with Crippen LogP contribution in [0.1, 0.15) is 21.6 Å². The molecule has 0 aliphatic rings. The highest BCUT2D eigenvalue weighted by atomic mass is 16.5. The molecule has 0 aliphatic heterocycles. The van der Waals surface area contributed by atoms with Crippen LogP contribution < -0.4 is 9.47 Å². The van der Waals surface area contributed by atoms with Crippen LogP contribution in [-0.2, 0) is 6.61 Å². The van der Waals surface area contributed by atoms with Crippen molar-refractivity contribution >= 4 is 17.2 Å². The number of ether oxygens (including phenoxy) is 2. The molecule has 4 heteroatoms. The fraction of sp³-hybridized carbons (Fsp3) is 0.0870. The first kappa shape index (κ1) is 16.9. The minimum Gasteiger partial charge on any atom is -0.485 e. The Morgan fingerprint density at radius 3 is 2.41 bits per heavy atom. The highest BCUT2D eigenvalue weighted by Crippen LogP contribution is 2.36. The summed E-state index contributed by atoms with van der Waals surface area (Å²) in [5.41, 5.74) is 3.52. The van der Waals surface area contributed by atoms with Gasteiger partial charge in [0.2, 0.25) is 0 Å². The van der Waals surface area contributed by atoms with Crippen molar-refractivity contribution in [2.24, 2.45) is 0 Å². The van der Waals surface area contributed by atoms with Gasteiger partial charge in [0, 0.05) is 10.9 Å². The van der Waals surface area contributed by atoms with Crippen LogP contribution in [0.5, 0.6) is 17.2 Å². The molecule has 4 rings (SSSR count). The number of aromatic amines is 1. The second kappa shape index (κ2) is 7.38. The number of carbonyl (C=O) groups is 1. The highest BCUT2D eigenvalue weighted by Gasteiger charge is 2.12. The van der Waals surface area contributed by atoms with Gasteiger partial charge in [0.25, 0.3) is 0 Å².